The summed E-state index contributed by atoms with van der Waals surface area (Å²) in [4.78, 5) is 33.5. The third kappa shape index (κ3) is 7.72. The van der Waals surface area contributed by atoms with Crippen molar-refractivity contribution in [3.05, 3.63) is 12.7 Å². The van der Waals surface area contributed by atoms with E-state index in [0.29, 0.717) is 12.3 Å². The molecule has 0 aromatic heterocycles. The number of imide groups is 1. The number of rotatable bonds is 7. The van der Waals surface area contributed by atoms with Gasteiger partial charge >= 0.3 is 12.0 Å². The summed E-state index contributed by atoms with van der Waals surface area (Å²) in [6.07, 6.45) is 1.51. The van der Waals surface area contributed by atoms with E-state index >= 15 is 0 Å². The van der Waals surface area contributed by atoms with Crippen molar-refractivity contribution >= 4 is 29.7 Å². The number of hydrogen-bond donors (Lipinski definition) is 2. The van der Waals surface area contributed by atoms with Crippen molar-refractivity contribution < 1.29 is 19.1 Å². The second-order valence-corrected chi connectivity index (χ2v) is 4.52. The van der Waals surface area contributed by atoms with Gasteiger partial charge < -0.3 is 10.1 Å². The van der Waals surface area contributed by atoms with Crippen molar-refractivity contribution in [1.82, 2.24) is 10.6 Å². The second kappa shape index (κ2) is 9.52. The van der Waals surface area contributed by atoms with Crippen molar-refractivity contribution in [3.63, 3.8) is 0 Å². The molecule has 0 heterocycles. The fourth-order valence-corrected chi connectivity index (χ4v) is 1.83. The molecule has 7 heteroatoms. The van der Waals surface area contributed by atoms with Gasteiger partial charge in [-0.05, 0) is 0 Å². The van der Waals surface area contributed by atoms with Crippen LogP contribution in [0.5, 0.6) is 0 Å². The van der Waals surface area contributed by atoms with Crippen LogP contribution in [-0.4, -0.2) is 43.1 Å². The second-order valence-electron chi connectivity index (χ2n) is 3.49. The van der Waals surface area contributed by atoms with E-state index < -0.39 is 11.9 Å². The van der Waals surface area contributed by atoms with Gasteiger partial charge in [-0.25, -0.2) is 4.79 Å². The van der Waals surface area contributed by atoms with E-state index in [1.54, 1.807) is 6.92 Å². The van der Waals surface area contributed by atoms with E-state index in [4.69, 9.17) is 0 Å². The van der Waals surface area contributed by atoms with E-state index in [0.717, 1.165) is 0 Å². The van der Waals surface area contributed by atoms with Crippen molar-refractivity contribution in [2.45, 2.75) is 6.92 Å². The summed E-state index contributed by atoms with van der Waals surface area (Å²) < 4.78 is 4.55. The van der Waals surface area contributed by atoms with Crippen LogP contribution in [0.25, 0.3) is 0 Å². The molecule has 0 aromatic carbocycles. The minimum Gasteiger partial charge on any atom is -0.469 e. The molecule has 102 valence electrons. The Balaban J connectivity index is 3.74. The summed E-state index contributed by atoms with van der Waals surface area (Å²) in [6.45, 7) is 5.44. The van der Waals surface area contributed by atoms with Gasteiger partial charge in [0.25, 0.3) is 0 Å². The summed E-state index contributed by atoms with van der Waals surface area (Å²) in [7, 11) is 1.32. The maximum atomic E-state index is 11.3. The molecule has 0 aliphatic rings. The Morgan fingerprint density at radius 1 is 1.44 bits per heavy atom. The summed E-state index contributed by atoms with van der Waals surface area (Å²) in [5, 5.41) is 4.58. The van der Waals surface area contributed by atoms with E-state index in [9.17, 15) is 14.4 Å². The van der Waals surface area contributed by atoms with Gasteiger partial charge in [0.2, 0.25) is 5.91 Å². The maximum absolute atomic E-state index is 11.3. The minimum atomic E-state index is -0.554. The van der Waals surface area contributed by atoms with E-state index in [1.807, 2.05) is 0 Å². The predicted octanol–water partition coefficient (Wildman–Crippen LogP) is 0.540. The smallest absolute Gasteiger partial charge is 0.321 e. The lowest BCUT2D eigenvalue weighted by Gasteiger charge is -2.08. The highest BCUT2D eigenvalue weighted by Crippen LogP contribution is 2.09. The van der Waals surface area contributed by atoms with E-state index in [2.05, 4.69) is 21.9 Å². The van der Waals surface area contributed by atoms with Crippen LogP contribution in [-0.2, 0) is 14.3 Å². The number of thioether (sulfide) groups is 1. The summed E-state index contributed by atoms with van der Waals surface area (Å²) in [6, 6.07) is -0.554. The molecule has 6 nitrogen and oxygen atoms in total. The van der Waals surface area contributed by atoms with Crippen molar-refractivity contribution in [2.24, 2.45) is 5.92 Å². The number of ether oxygens (including phenoxy) is 1. The average molecular weight is 274 g/mol. The number of urea groups is 1. The molecule has 0 bridgehead atoms. The van der Waals surface area contributed by atoms with Crippen molar-refractivity contribution in [2.75, 3.05) is 25.2 Å². The number of methoxy groups -OCH3 is 1. The molecule has 2 N–H and O–H groups in total. The molecule has 0 rings (SSSR count). The summed E-state index contributed by atoms with van der Waals surface area (Å²) in [5.74, 6) is -0.412. The number of nitrogens with one attached hydrogen (secondary N) is 2. The Hall–Kier alpha value is -1.50. The standard InChI is InChI=1S/C11H18N2O4S/c1-4-5-12-11(16)13-9(14)7-18-6-8(2)10(15)17-3/h4,8H,1,5-7H2,2-3H3,(H2,12,13,14,16). The molecule has 0 aliphatic carbocycles. The first kappa shape index (κ1) is 16.5. The van der Waals surface area contributed by atoms with Crippen LogP contribution in [0, 0.1) is 5.92 Å². The van der Waals surface area contributed by atoms with Crippen LogP contribution in [0.4, 0.5) is 4.79 Å². The van der Waals surface area contributed by atoms with Gasteiger partial charge in [-0.15, -0.1) is 6.58 Å². The highest BCUT2D eigenvalue weighted by atomic mass is 32.2. The highest BCUT2D eigenvalue weighted by molar-refractivity contribution is 7.99. The van der Waals surface area contributed by atoms with E-state index in [-0.39, 0.29) is 17.6 Å². The molecule has 0 radical (unpaired) electrons. The lowest BCUT2D eigenvalue weighted by Crippen LogP contribution is -2.40. The summed E-state index contributed by atoms with van der Waals surface area (Å²) in [5.41, 5.74) is 0. The quantitative estimate of drug-likeness (QED) is 0.523. The van der Waals surface area contributed by atoms with Crippen molar-refractivity contribution in [1.29, 1.82) is 0 Å². The summed E-state index contributed by atoms with van der Waals surface area (Å²) >= 11 is 1.27. The fraction of sp³-hybridized carbons (Fsp3) is 0.545. The largest absolute Gasteiger partial charge is 0.469 e. The first-order valence-corrected chi connectivity index (χ1v) is 6.50. The maximum Gasteiger partial charge on any atom is 0.321 e. The van der Waals surface area contributed by atoms with Gasteiger partial charge in [0.05, 0.1) is 18.8 Å². The van der Waals surface area contributed by atoms with Crippen molar-refractivity contribution in [3.8, 4) is 0 Å². The lowest BCUT2D eigenvalue weighted by atomic mass is 10.2. The zero-order valence-corrected chi connectivity index (χ0v) is 11.3. The number of carbonyl (C=O) groups is 3. The molecule has 1 unspecified atom stereocenters. The van der Waals surface area contributed by atoms with Crippen LogP contribution < -0.4 is 10.6 Å². The topological polar surface area (TPSA) is 84.5 Å². The van der Waals surface area contributed by atoms with Gasteiger partial charge in [0, 0.05) is 12.3 Å². The van der Waals surface area contributed by atoms with Crippen LogP contribution in [0.3, 0.4) is 0 Å². The van der Waals surface area contributed by atoms with Gasteiger partial charge in [0.1, 0.15) is 0 Å². The first-order valence-electron chi connectivity index (χ1n) is 5.35. The van der Waals surface area contributed by atoms with Gasteiger partial charge in [-0.3, -0.25) is 14.9 Å². The Bertz CT molecular complexity index is 320. The molecule has 0 fully saturated rings. The van der Waals surface area contributed by atoms with Gasteiger partial charge in [-0.1, -0.05) is 13.0 Å². The third-order valence-corrected chi connectivity index (χ3v) is 3.07. The third-order valence-electron chi connectivity index (χ3n) is 1.86. The zero-order valence-electron chi connectivity index (χ0n) is 10.5. The Morgan fingerprint density at radius 2 is 2.11 bits per heavy atom. The number of carbonyl (C=O) groups excluding carboxylic acids is 3. The molecular formula is C11H18N2O4S. The van der Waals surface area contributed by atoms with E-state index in [1.165, 1.54) is 24.9 Å². The predicted molar refractivity (Wildman–Crippen MR) is 70.2 cm³/mol. The monoisotopic (exact) mass is 274 g/mol. The molecule has 0 saturated carbocycles. The van der Waals surface area contributed by atoms with Gasteiger partial charge in [0.15, 0.2) is 0 Å². The first-order chi connectivity index (χ1) is 8.51. The molecular weight excluding hydrogens is 256 g/mol. The molecule has 3 amide bonds. The van der Waals surface area contributed by atoms with Crippen LogP contribution in [0.1, 0.15) is 6.92 Å². The molecule has 0 spiro atoms. The fourth-order valence-electron chi connectivity index (χ4n) is 0.969. The number of amides is 3. The Morgan fingerprint density at radius 3 is 2.67 bits per heavy atom. The molecule has 18 heavy (non-hydrogen) atoms. The number of esters is 1. The van der Waals surface area contributed by atoms with Crippen LogP contribution in [0.15, 0.2) is 12.7 Å². The lowest BCUT2D eigenvalue weighted by molar-refractivity contribution is -0.144. The van der Waals surface area contributed by atoms with Gasteiger partial charge in [-0.2, -0.15) is 11.8 Å². The average Bonchev–Trinajstić information content (AvgIpc) is 2.34. The Labute approximate surface area is 111 Å². The molecule has 1 atom stereocenters. The normalized spacial score (nSPS) is 11.2. The molecule has 0 aromatic rings. The van der Waals surface area contributed by atoms with Crippen LogP contribution >= 0.6 is 11.8 Å². The number of hydrogen-bond acceptors (Lipinski definition) is 5. The molecule has 0 saturated heterocycles. The molecule has 0 aliphatic heterocycles. The highest BCUT2D eigenvalue weighted by Gasteiger charge is 2.14. The zero-order chi connectivity index (χ0) is 14.0. The Kier molecular flexibility index (Phi) is 8.73. The van der Waals surface area contributed by atoms with Crippen LogP contribution in [0.2, 0.25) is 0 Å². The SMILES string of the molecule is C=CCNC(=O)NC(=O)CSCC(C)C(=O)OC. The minimum absolute atomic E-state index is 0.114.